The van der Waals surface area contributed by atoms with E-state index in [0.29, 0.717) is 0 Å². The molecular weight excluding hydrogens is 188 g/mol. The lowest BCUT2D eigenvalue weighted by Crippen LogP contribution is -2.33. The van der Waals surface area contributed by atoms with Crippen molar-refractivity contribution in [2.24, 2.45) is 0 Å². The summed E-state index contributed by atoms with van der Waals surface area (Å²) in [5, 5.41) is 9.17. The van der Waals surface area contributed by atoms with Gasteiger partial charge in [-0.25, -0.2) is 0 Å². The minimum absolute atomic E-state index is 0.0136. The fourth-order valence-electron chi connectivity index (χ4n) is 1.64. The summed E-state index contributed by atoms with van der Waals surface area (Å²) in [6.07, 6.45) is 0. The first-order valence-corrected chi connectivity index (χ1v) is 5.23. The van der Waals surface area contributed by atoms with Gasteiger partial charge in [0, 0.05) is 0 Å². The van der Waals surface area contributed by atoms with E-state index < -0.39 is 5.60 Å². The van der Waals surface area contributed by atoms with Crippen molar-refractivity contribution in [2.75, 3.05) is 6.61 Å². The fourth-order valence-corrected chi connectivity index (χ4v) is 1.64. The fraction of sp³-hybridized carbons (Fsp3) is 0.538. The van der Waals surface area contributed by atoms with Gasteiger partial charge in [0.25, 0.3) is 0 Å². The molecule has 0 bridgehead atoms. The molecular formula is C13H20O2. The molecule has 84 valence electrons. The standard InChI is InChI=1S/C13H20O2/c1-9-6-10(2)12(11(3)7-9)15-13(4,5)8-14/h6-7,14H,8H2,1-5H3. The van der Waals surface area contributed by atoms with Gasteiger partial charge in [-0.1, -0.05) is 17.7 Å². The highest BCUT2D eigenvalue weighted by Crippen LogP contribution is 2.28. The van der Waals surface area contributed by atoms with Crippen LogP contribution in [0.4, 0.5) is 0 Å². The Labute approximate surface area is 91.9 Å². The minimum Gasteiger partial charge on any atom is -0.485 e. The van der Waals surface area contributed by atoms with Crippen molar-refractivity contribution in [2.45, 2.75) is 40.2 Å². The third-order valence-corrected chi connectivity index (χ3v) is 2.36. The number of aliphatic hydroxyl groups excluding tert-OH is 1. The molecule has 0 saturated heterocycles. The van der Waals surface area contributed by atoms with Crippen LogP contribution in [0.1, 0.15) is 30.5 Å². The molecule has 2 heteroatoms. The van der Waals surface area contributed by atoms with E-state index in [1.165, 1.54) is 5.56 Å². The molecule has 2 nitrogen and oxygen atoms in total. The van der Waals surface area contributed by atoms with Crippen LogP contribution < -0.4 is 4.74 Å². The number of benzene rings is 1. The summed E-state index contributed by atoms with van der Waals surface area (Å²) in [4.78, 5) is 0. The van der Waals surface area contributed by atoms with Crippen LogP contribution >= 0.6 is 0 Å². The van der Waals surface area contributed by atoms with Gasteiger partial charge < -0.3 is 9.84 Å². The van der Waals surface area contributed by atoms with Crippen molar-refractivity contribution in [3.63, 3.8) is 0 Å². The summed E-state index contributed by atoms with van der Waals surface area (Å²) >= 11 is 0. The first-order chi connectivity index (χ1) is 6.85. The molecule has 0 aliphatic carbocycles. The monoisotopic (exact) mass is 208 g/mol. The molecule has 15 heavy (non-hydrogen) atoms. The van der Waals surface area contributed by atoms with Crippen molar-refractivity contribution in [1.82, 2.24) is 0 Å². The SMILES string of the molecule is Cc1cc(C)c(OC(C)(C)CO)c(C)c1. The highest BCUT2D eigenvalue weighted by atomic mass is 16.5. The van der Waals surface area contributed by atoms with E-state index in [1.807, 2.05) is 27.7 Å². The predicted molar refractivity (Wildman–Crippen MR) is 62.4 cm³/mol. The Bertz CT molecular complexity index is 331. The Morgan fingerprint density at radius 2 is 1.60 bits per heavy atom. The van der Waals surface area contributed by atoms with Crippen molar-refractivity contribution in [3.8, 4) is 5.75 Å². The molecule has 0 radical (unpaired) electrons. The molecule has 0 aromatic heterocycles. The van der Waals surface area contributed by atoms with Crippen LogP contribution in [0.2, 0.25) is 0 Å². The molecule has 1 aromatic rings. The minimum atomic E-state index is -0.523. The molecule has 0 unspecified atom stereocenters. The highest BCUT2D eigenvalue weighted by Gasteiger charge is 2.20. The summed E-state index contributed by atoms with van der Waals surface area (Å²) in [5.74, 6) is 0.889. The lowest BCUT2D eigenvalue weighted by Gasteiger charge is -2.26. The van der Waals surface area contributed by atoms with Gasteiger partial charge >= 0.3 is 0 Å². The molecule has 0 fully saturated rings. The van der Waals surface area contributed by atoms with E-state index in [1.54, 1.807) is 0 Å². The molecule has 1 aromatic carbocycles. The van der Waals surface area contributed by atoms with Crippen LogP contribution in [0.15, 0.2) is 12.1 Å². The molecule has 1 N–H and O–H groups in total. The van der Waals surface area contributed by atoms with Crippen molar-refractivity contribution in [1.29, 1.82) is 0 Å². The van der Waals surface area contributed by atoms with Gasteiger partial charge in [-0.2, -0.15) is 0 Å². The van der Waals surface area contributed by atoms with Gasteiger partial charge in [0.05, 0.1) is 6.61 Å². The number of rotatable bonds is 3. The van der Waals surface area contributed by atoms with E-state index in [4.69, 9.17) is 9.84 Å². The molecule has 0 saturated carbocycles. The van der Waals surface area contributed by atoms with Crippen LogP contribution in [0, 0.1) is 20.8 Å². The first-order valence-electron chi connectivity index (χ1n) is 5.23. The van der Waals surface area contributed by atoms with Crippen LogP contribution in [0.25, 0.3) is 0 Å². The summed E-state index contributed by atoms with van der Waals surface area (Å²) < 4.78 is 5.82. The van der Waals surface area contributed by atoms with Crippen LogP contribution in [0.3, 0.4) is 0 Å². The van der Waals surface area contributed by atoms with Crippen molar-refractivity contribution in [3.05, 3.63) is 28.8 Å². The van der Waals surface area contributed by atoms with Crippen LogP contribution in [0.5, 0.6) is 5.75 Å². The lowest BCUT2D eigenvalue weighted by atomic mass is 10.1. The van der Waals surface area contributed by atoms with Crippen LogP contribution in [-0.4, -0.2) is 17.3 Å². The number of aryl methyl sites for hydroxylation is 3. The Morgan fingerprint density at radius 3 is 2.00 bits per heavy atom. The number of hydrogen-bond acceptors (Lipinski definition) is 2. The Morgan fingerprint density at radius 1 is 1.13 bits per heavy atom. The molecule has 0 amide bonds. The summed E-state index contributed by atoms with van der Waals surface area (Å²) in [7, 11) is 0. The van der Waals surface area contributed by atoms with E-state index in [2.05, 4.69) is 19.1 Å². The molecule has 0 aliphatic heterocycles. The van der Waals surface area contributed by atoms with Gasteiger partial charge in [0.2, 0.25) is 0 Å². The molecule has 0 spiro atoms. The van der Waals surface area contributed by atoms with Gasteiger partial charge in [0.15, 0.2) is 0 Å². The normalized spacial score (nSPS) is 11.6. The zero-order valence-corrected chi connectivity index (χ0v) is 10.2. The highest BCUT2D eigenvalue weighted by molar-refractivity contribution is 5.43. The first kappa shape index (κ1) is 12.1. The Hall–Kier alpha value is -1.02. The second-order valence-corrected chi connectivity index (χ2v) is 4.75. The summed E-state index contributed by atoms with van der Waals surface area (Å²) in [6.45, 7) is 9.91. The van der Waals surface area contributed by atoms with Crippen molar-refractivity contribution < 1.29 is 9.84 Å². The maximum Gasteiger partial charge on any atom is 0.126 e. The van der Waals surface area contributed by atoms with E-state index in [0.717, 1.165) is 16.9 Å². The predicted octanol–water partition coefficient (Wildman–Crippen LogP) is 2.76. The van der Waals surface area contributed by atoms with Gasteiger partial charge in [-0.3, -0.25) is 0 Å². The maximum atomic E-state index is 9.17. The third kappa shape index (κ3) is 2.96. The number of aliphatic hydroxyl groups is 1. The molecule has 0 atom stereocenters. The van der Waals surface area contributed by atoms with E-state index >= 15 is 0 Å². The average molecular weight is 208 g/mol. The maximum absolute atomic E-state index is 9.17. The second-order valence-electron chi connectivity index (χ2n) is 4.75. The third-order valence-electron chi connectivity index (χ3n) is 2.36. The largest absolute Gasteiger partial charge is 0.485 e. The number of hydrogen-bond donors (Lipinski definition) is 1. The quantitative estimate of drug-likeness (QED) is 0.827. The van der Waals surface area contributed by atoms with Crippen LogP contribution in [-0.2, 0) is 0 Å². The van der Waals surface area contributed by atoms with E-state index in [9.17, 15) is 0 Å². The van der Waals surface area contributed by atoms with Crippen molar-refractivity contribution >= 4 is 0 Å². The molecule has 0 heterocycles. The topological polar surface area (TPSA) is 29.5 Å². The summed E-state index contributed by atoms with van der Waals surface area (Å²) in [5.41, 5.74) is 2.95. The molecule has 1 rings (SSSR count). The molecule has 0 aliphatic rings. The van der Waals surface area contributed by atoms with Gasteiger partial charge in [0.1, 0.15) is 11.4 Å². The average Bonchev–Trinajstić information content (AvgIpc) is 2.11. The Kier molecular flexibility index (Phi) is 3.40. The zero-order valence-electron chi connectivity index (χ0n) is 10.2. The number of ether oxygens (including phenoxy) is 1. The summed E-state index contributed by atoms with van der Waals surface area (Å²) in [6, 6.07) is 4.19. The van der Waals surface area contributed by atoms with Gasteiger partial charge in [-0.05, 0) is 45.7 Å². The Balaban J connectivity index is 3.05. The van der Waals surface area contributed by atoms with Gasteiger partial charge in [-0.15, -0.1) is 0 Å². The zero-order chi connectivity index (χ0) is 11.6. The second kappa shape index (κ2) is 4.23. The van der Waals surface area contributed by atoms with E-state index in [-0.39, 0.29) is 6.61 Å². The lowest BCUT2D eigenvalue weighted by molar-refractivity contribution is 0.0401. The smallest absolute Gasteiger partial charge is 0.126 e.